The molecule has 1 unspecified atom stereocenters. The normalized spacial score (nSPS) is 12.5. The van der Waals surface area contributed by atoms with Gasteiger partial charge in [-0.15, -0.1) is 0 Å². The summed E-state index contributed by atoms with van der Waals surface area (Å²) in [6.07, 6.45) is 0.926. The lowest BCUT2D eigenvalue weighted by Gasteiger charge is -2.26. The molecule has 0 spiro atoms. The van der Waals surface area contributed by atoms with E-state index in [1.807, 2.05) is 25.9 Å². The number of carboxylic acid groups (broad SMARTS) is 1. The monoisotopic (exact) mass is 269 g/mol. The standard InChI is InChI=1S/C12H19N3O2S/c1-5-9(15(3)4)14-8-6-10(18)13-7(2)11(8)12(16)17/h6,9H,5H2,1-4H3,(H,16,17)(H2,13,14,18). The van der Waals surface area contributed by atoms with Crippen molar-refractivity contribution in [2.75, 3.05) is 19.4 Å². The van der Waals surface area contributed by atoms with Gasteiger partial charge in [-0.3, -0.25) is 4.90 Å². The van der Waals surface area contributed by atoms with Gasteiger partial charge in [0.2, 0.25) is 0 Å². The molecule has 1 aromatic heterocycles. The zero-order chi connectivity index (χ0) is 13.9. The molecule has 1 atom stereocenters. The molecular weight excluding hydrogens is 250 g/mol. The summed E-state index contributed by atoms with van der Waals surface area (Å²) in [6, 6.07) is 1.65. The molecule has 5 nitrogen and oxygen atoms in total. The fourth-order valence-corrected chi connectivity index (χ4v) is 2.12. The molecule has 1 aromatic rings. The Morgan fingerprint density at radius 2 is 2.22 bits per heavy atom. The molecule has 3 N–H and O–H groups in total. The Labute approximate surface area is 112 Å². The first kappa shape index (κ1) is 14.7. The minimum Gasteiger partial charge on any atom is -0.478 e. The number of anilines is 1. The number of hydrogen-bond donors (Lipinski definition) is 3. The van der Waals surface area contributed by atoms with E-state index in [9.17, 15) is 9.90 Å². The molecule has 1 rings (SSSR count). The van der Waals surface area contributed by atoms with Gasteiger partial charge >= 0.3 is 5.97 Å². The molecule has 0 aliphatic rings. The topological polar surface area (TPSA) is 68.4 Å². The van der Waals surface area contributed by atoms with Gasteiger partial charge in [0, 0.05) is 5.69 Å². The van der Waals surface area contributed by atoms with Crippen LogP contribution in [0.5, 0.6) is 0 Å². The average molecular weight is 269 g/mol. The smallest absolute Gasteiger partial charge is 0.339 e. The van der Waals surface area contributed by atoms with Crippen molar-refractivity contribution in [2.24, 2.45) is 0 Å². The Kier molecular flexibility index (Phi) is 4.86. The van der Waals surface area contributed by atoms with E-state index in [1.165, 1.54) is 0 Å². The van der Waals surface area contributed by atoms with Crippen molar-refractivity contribution < 1.29 is 9.90 Å². The van der Waals surface area contributed by atoms with Crippen LogP contribution >= 0.6 is 12.2 Å². The number of aromatic nitrogens is 1. The highest BCUT2D eigenvalue weighted by Gasteiger charge is 2.17. The highest BCUT2D eigenvalue weighted by Crippen LogP contribution is 2.20. The average Bonchev–Trinajstić information content (AvgIpc) is 2.23. The van der Waals surface area contributed by atoms with Gasteiger partial charge in [-0.2, -0.15) is 0 Å². The third-order valence-corrected chi connectivity index (χ3v) is 3.00. The Balaban J connectivity index is 3.22. The molecule has 0 saturated heterocycles. The van der Waals surface area contributed by atoms with Crippen molar-refractivity contribution in [1.29, 1.82) is 0 Å². The highest BCUT2D eigenvalue weighted by atomic mass is 32.1. The Bertz CT molecular complexity index is 497. The second-order valence-corrected chi connectivity index (χ2v) is 4.82. The van der Waals surface area contributed by atoms with Gasteiger partial charge in [-0.25, -0.2) is 4.79 Å². The maximum Gasteiger partial charge on any atom is 0.339 e. The summed E-state index contributed by atoms with van der Waals surface area (Å²) in [7, 11) is 3.89. The lowest BCUT2D eigenvalue weighted by atomic mass is 10.1. The van der Waals surface area contributed by atoms with Crippen LogP contribution in [0.1, 0.15) is 29.4 Å². The third-order valence-electron chi connectivity index (χ3n) is 2.78. The van der Waals surface area contributed by atoms with Crippen molar-refractivity contribution in [3.05, 3.63) is 22.0 Å². The maximum atomic E-state index is 11.3. The molecule has 0 aliphatic heterocycles. The highest BCUT2D eigenvalue weighted by molar-refractivity contribution is 7.71. The Morgan fingerprint density at radius 1 is 1.61 bits per heavy atom. The number of nitrogens with one attached hydrogen (secondary N) is 2. The second-order valence-electron chi connectivity index (χ2n) is 4.38. The van der Waals surface area contributed by atoms with E-state index in [0.717, 1.165) is 6.42 Å². The van der Waals surface area contributed by atoms with Crippen LogP contribution in [0.3, 0.4) is 0 Å². The number of pyridine rings is 1. The van der Waals surface area contributed by atoms with E-state index >= 15 is 0 Å². The fourth-order valence-electron chi connectivity index (χ4n) is 1.85. The molecule has 0 aromatic carbocycles. The SMILES string of the molecule is CCC(Nc1cc(=S)[nH]c(C)c1C(=O)O)N(C)C. The van der Waals surface area contributed by atoms with Gasteiger partial charge < -0.3 is 15.4 Å². The summed E-state index contributed by atoms with van der Waals surface area (Å²) in [5, 5.41) is 12.5. The zero-order valence-corrected chi connectivity index (χ0v) is 11.9. The van der Waals surface area contributed by atoms with Gasteiger partial charge in [0.1, 0.15) is 10.2 Å². The molecule has 18 heavy (non-hydrogen) atoms. The van der Waals surface area contributed by atoms with Crippen LogP contribution in [-0.4, -0.2) is 41.2 Å². The van der Waals surface area contributed by atoms with E-state index in [2.05, 4.69) is 10.3 Å². The third kappa shape index (κ3) is 3.30. The molecule has 0 amide bonds. The van der Waals surface area contributed by atoms with Crippen LogP contribution in [0.4, 0.5) is 5.69 Å². The minimum atomic E-state index is -0.963. The first-order valence-corrected chi connectivity index (χ1v) is 6.17. The maximum absolute atomic E-state index is 11.3. The quantitative estimate of drug-likeness (QED) is 0.566. The van der Waals surface area contributed by atoms with E-state index in [-0.39, 0.29) is 11.7 Å². The number of H-pyrrole nitrogens is 1. The van der Waals surface area contributed by atoms with Crippen LogP contribution in [0.15, 0.2) is 6.07 Å². The number of carboxylic acids is 1. The summed E-state index contributed by atoms with van der Waals surface area (Å²) >= 11 is 5.09. The minimum absolute atomic E-state index is 0.0688. The molecule has 0 aliphatic carbocycles. The molecule has 100 valence electrons. The first-order chi connectivity index (χ1) is 8.36. The molecule has 6 heteroatoms. The van der Waals surface area contributed by atoms with Gasteiger partial charge in [-0.1, -0.05) is 19.1 Å². The number of nitrogens with zero attached hydrogens (tertiary/aromatic N) is 1. The summed E-state index contributed by atoms with van der Waals surface area (Å²) in [4.78, 5) is 16.1. The van der Waals surface area contributed by atoms with Crippen LogP contribution in [0, 0.1) is 11.6 Å². The number of aromatic amines is 1. The van der Waals surface area contributed by atoms with Gasteiger partial charge in [0.25, 0.3) is 0 Å². The molecule has 0 bridgehead atoms. The number of hydrogen-bond acceptors (Lipinski definition) is 4. The van der Waals surface area contributed by atoms with Crippen LogP contribution in [-0.2, 0) is 0 Å². The molecule has 0 fully saturated rings. The van der Waals surface area contributed by atoms with Crippen molar-refractivity contribution in [2.45, 2.75) is 26.4 Å². The zero-order valence-electron chi connectivity index (χ0n) is 11.1. The number of carbonyl (C=O) groups is 1. The van der Waals surface area contributed by atoms with Crippen molar-refractivity contribution in [3.63, 3.8) is 0 Å². The van der Waals surface area contributed by atoms with Crippen LogP contribution < -0.4 is 5.32 Å². The predicted molar refractivity (Wildman–Crippen MR) is 74.7 cm³/mol. The summed E-state index contributed by atoms with van der Waals surface area (Å²) in [6.45, 7) is 3.75. The predicted octanol–water partition coefficient (Wildman–Crippen LogP) is 2.46. The second kappa shape index (κ2) is 5.97. The van der Waals surface area contributed by atoms with Gasteiger partial charge in [0.15, 0.2) is 0 Å². The lowest BCUT2D eigenvalue weighted by molar-refractivity contribution is 0.0696. The molecule has 1 heterocycles. The molecule has 0 radical (unpaired) electrons. The van der Waals surface area contributed by atoms with Gasteiger partial charge in [-0.05, 0) is 33.5 Å². The Hall–Kier alpha value is -1.40. The number of rotatable bonds is 5. The van der Waals surface area contributed by atoms with Crippen LogP contribution in [0.25, 0.3) is 0 Å². The first-order valence-electron chi connectivity index (χ1n) is 5.77. The summed E-state index contributed by atoms with van der Waals surface area (Å²) in [5.41, 5.74) is 1.36. The van der Waals surface area contributed by atoms with Crippen molar-refractivity contribution in [3.8, 4) is 0 Å². The van der Waals surface area contributed by atoms with Crippen molar-refractivity contribution >= 4 is 23.9 Å². The summed E-state index contributed by atoms with van der Waals surface area (Å²) in [5.74, 6) is -0.963. The van der Waals surface area contributed by atoms with E-state index in [0.29, 0.717) is 16.0 Å². The lowest BCUT2D eigenvalue weighted by Crippen LogP contribution is -2.35. The van der Waals surface area contributed by atoms with E-state index in [4.69, 9.17) is 12.2 Å². The van der Waals surface area contributed by atoms with E-state index < -0.39 is 5.97 Å². The number of aryl methyl sites for hydroxylation is 1. The van der Waals surface area contributed by atoms with E-state index in [1.54, 1.807) is 13.0 Å². The fraction of sp³-hybridized carbons (Fsp3) is 0.500. The largest absolute Gasteiger partial charge is 0.478 e. The Morgan fingerprint density at radius 3 is 2.67 bits per heavy atom. The van der Waals surface area contributed by atoms with Crippen LogP contribution in [0.2, 0.25) is 0 Å². The van der Waals surface area contributed by atoms with Crippen molar-refractivity contribution in [1.82, 2.24) is 9.88 Å². The van der Waals surface area contributed by atoms with Gasteiger partial charge in [0.05, 0.1) is 11.9 Å². The molecular formula is C12H19N3O2S. The number of aromatic carboxylic acids is 1. The molecule has 0 saturated carbocycles. The summed E-state index contributed by atoms with van der Waals surface area (Å²) < 4.78 is 0.522.